The quantitative estimate of drug-likeness (QED) is 0.338. The topological polar surface area (TPSA) is 104 Å². The highest BCUT2D eigenvalue weighted by atomic mass is 16.4. The van der Waals surface area contributed by atoms with E-state index < -0.39 is 0 Å². The molecule has 0 aliphatic carbocycles. The third kappa shape index (κ3) is 3.28. The molecule has 0 aliphatic rings. The van der Waals surface area contributed by atoms with Gasteiger partial charge < -0.3 is 15.9 Å². The number of hydrogen-bond acceptors (Lipinski definition) is 4. The number of oxime groups is 1. The van der Waals surface area contributed by atoms with Crippen LogP contribution < -0.4 is 11.3 Å². The van der Waals surface area contributed by atoms with Crippen LogP contribution in [0.25, 0.3) is 11.1 Å². The van der Waals surface area contributed by atoms with Crippen molar-refractivity contribution in [1.82, 2.24) is 9.97 Å². The van der Waals surface area contributed by atoms with Crippen LogP contribution in [0.5, 0.6) is 0 Å². The number of nitrogens with one attached hydrogen (secondary N) is 1. The van der Waals surface area contributed by atoms with Crippen LogP contribution in [0.1, 0.15) is 31.0 Å². The van der Waals surface area contributed by atoms with E-state index in [-0.39, 0.29) is 17.0 Å². The fraction of sp³-hybridized carbons (Fsp3) is 0.267. The molecule has 6 nitrogen and oxygen atoms in total. The summed E-state index contributed by atoms with van der Waals surface area (Å²) in [5.74, 6) is -0.200. The van der Waals surface area contributed by atoms with Crippen molar-refractivity contribution in [2.75, 3.05) is 0 Å². The summed E-state index contributed by atoms with van der Waals surface area (Å²) in [5, 5.41) is 11.7. The molecule has 2 heterocycles. The summed E-state index contributed by atoms with van der Waals surface area (Å²) < 4.78 is 0. The molecule has 2 aromatic rings. The zero-order chi connectivity index (χ0) is 15.2. The number of nitrogens with two attached hydrogens (primary N) is 1. The summed E-state index contributed by atoms with van der Waals surface area (Å²) in [6.45, 7) is 2.09. The van der Waals surface area contributed by atoms with Gasteiger partial charge in [0.2, 0.25) is 0 Å². The lowest BCUT2D eigenvalue weighted by Crippen LogP contribution is -2.25. The van der Waals surface area contributed by atoms with Crippen molar-refractivity contribution in [2.45, 2.75) is 26.2 Å². The van der Waals surface area contributed by atoms with Crippen molar-refractivity contribution in [3.8, 4) is 11.1 Å². The normalized spacial score (nSPS) is 11.6. The van der Waals surface area contributed by atoms with Crippen molar-refractivity contribution in [3.63, 3.8) is 0 Å². The molecule has 0 radical (unpaired) electrons. The van der Waals surface area contributed by atoms with E-state index in [2.05, 4.69) is 22.0 Å². The Labute approximate surface area is 122 Å². The molecule has 2 rings (SSSR count). The van der Waals surface area contributed by atoms with E-state index in [0.29, 0.717) is 0 Å². The van der Waals surface area contributed by atoms with Crippen LogP contribution in [-0.2, 0) is 6.42 Å². The lowest BCUT2D eigenvalue weighted by molar-refractivity contribution is 0.318. The van der Waals surface area contributed by atoms with Gasteiger partial charge in [0.1, 0.15) is 0 Å². The summed E-state index contributed by atoms with van der Waals surface area (Å²) in [7, 11) is 0. The van der Waals surface area contributed by atoms with Crippen LogP contribution >= 0.6 is 0 Å². The van der Waals surface area contributed by atoms with Gasteiger partial charge in [0.25, 0.3) is 5.56 Å². The lowest BCUT2D eigenvalue weighted by Gasteiger charge is -2.11. The van der Waals surface area contributed by atoms with Gasteiger partial charge in [-0.25, -0.2) is 0 Å². The molecule has 6 heteroatoms. The number of unbranched alkanes of at least 4 members (excludes halogenated alkanes) is 1. The summed E-state index contributed by atoms with van der Waals surface area (Å²) in [4.78, 5) is 18.9. The van der Waals surface area contributed by atoms with Crippen LogP contribution in [-0.4, -0.2) is 21.0 Å². The predicted octanol–water partition coefficient (Wildman–Crippen LogP) is 1.87. The van der Waals surface area contributed by atoms with E-state index in [0.717, 1.165) is 36.1 Å². The van der Waals surface area contributed by atoms with E-state index in [1.165, 1.54) is 0 Å². The second-order valence-corrected chi connectivity index (χ2v) is 4.73. The fourth-order valence-corrected chi connectivity index (χ4v) is 2.15. The van der Waals surface area contributed by atoms with Crippen LogP contribution in [0.2, 0.25) is 0 Å². The van der Waals surface area contributed by atoms with Crippen molar-refractivity contribution in [1.29, 1.82) is 0 Å². The number of amidine groups is 1. The number of aryl methyl sites for hydroxylation is 1. The molecular weight excluding hydrogens is 268 g/mol. The van der Waals surface area contributed by atoms with Crippen LogP contribution in [0.3, 0.4) is 0 Å². The minimum absolute atomic E-state index is 0.157. The van der Waals surface area contributed by atoms with Gasteiger partial charge in [0.15, 0.2) is 5.84 Å². The van der Waals surface area contributed by atoms with E-state index >= 15 is 0 Å². The maximum Gasteiger partial charge on any atom is 0.259 e. The monoisotopic (exact) mass is 286 g/mol. The SMILES string of the molecule is CCCCc1[nH]c(=O)c(/C(N)=N/O)cc1-c1ccncc1. The Morgan fingerprint density at radius 2 is 2.14 bits per heavy atom. The summed E-state index contributed by atoms with van der Waals surface area (Å²) >= 11 is 0. The van der Waals surface area contributed by atoms with Gasteiger partial charge >= 0.3 is 0 Å². The Morgan fingerprint density at radius 1 is 1.43 bits per heavy atom. The zero-order valence-electron chi connectivity index (χ0n) is 11.8. The molecule has 4 N–H and O–H groups in total. The van der Waals surface area contributed by atoms with Gasteiger partial charge in [-0.2, -0.15) is 0 Å². The second-order valence-electron chi connectivity index (χ2n) is 4.73. The van der Waals surface area contributed by atoms with E-state index in [1.54, 1.807) is 18.5 Å². The van der Waals surface area contributed by atoms with Gasteiger partial charge in [-0.15, -0.1) is 0 Å². The molecule has 0 saturated carbocycles. The first kappa shape index (κ1) is 14.8. The first-order valence-electron chi connectivity index (χ1n) is 6.81. The Kier molecular flexibility index (Phi) is 4.71. The molecule has 2 aromatic heterocycles. The van der Waals surface area contributed by atoms with Gasteiger partial charge in [-0.1, -0.05) is 18.5 Å². The number of pyridine rings is 2. The standard InChI is InChI=1S/C15H18N4O2/c1-2-3-4-13-11(10-5-7-17-8-6-10)9-12(14(16)19-21)15(20)18-13/h5-9,21H,2-4H2,1H3,(H2,16,19)(H,18,20). The predicted molar refractivity (Wildman–Crippen MR) is 81.4 cm³/mol. The molecule has 0 fully saturated rings. The van der Waals surface area contributed by atoms with E-state index in [4.69, 9.17) is 10.9 Å². The summed E-state index contributed by atoms with van der Waals surface area (Å²) in [6, 6.07) is 5.38. The molecular formula is C15H18N4O2. The number of aromatic nitrogens is 2. The van der Waals surface area contributed by atoms with Crippen molar-refractivity contribution in [2.24, 2.45) is 10.9 Å². The number of rotatable bonds is 5. The first-order valence-corrected chi connectivity index (χ1v) is 6.81. The molecule has 0 unspecified atom stereocenters. The number of aromatic amines is 1. The highest BCUT2D eigenvalue weighted by Gasteiger charge is 2.13. The average Bonchev–Trinajstić information content (AvgIpc) is 2.53. The smallest absolute Gasteiger partial charge is 0.259 e. The van der Waals surface area contributed by atoms with Crippen LogP contribution in [0.15, 0.2) is 40.5 Å². The summed E-state index contributed by atoms with van der Waals surface area (Å²) in [5.41, 5.74) is 8.01. The second kappa shape index (κ2) is 6.69. The molecule has 0 amide bonds. The molecule has 0 atom stereocenters. The first-order chi connectivity index (χ1) is 10.2. The molecule has 0 saturated heterocycles. The minimum Gasteiger partial charge on any atom is -0.409 e. The highest BCUT2D eigenvalue weighted by molar-refractivity contribution is 5.97. The molecule has 0 spiro atoms. The van der Waals surface area contributed by atoms with Gasteiger partial charge in [-0.3, -0.25) is 9.78 Å². The molecule has 0 aromatic carbocycles. The fourth-order valence-electron chi connectivity index (χ4n) is 2.15. The Hall–Kier alpha value is -2.63. The highest BCUT2D eigenvalue weighted by Crippen LogP contribution is 2.23. The number of H-pyrrole nitrogens is 1. The minimum atomic E-state index is -0.353. The van der Waals surface area contributed by atoms with E-state index in [1.807, 2.05) is 12.1 Å². The molecule has 110 valence electrons. The molecule has 21 heavy (non-hydrogen) atoms. The molecule has 0 aliphatic heterocycles. The zero-order valence-corrected chi connectivity index (χ0v) is 11.8. The largest absolute Gasteiger partial charge is 0.409 e. The third-order valence-corrected chi connectivity index (χ3v) is 3.28. The third-order valence-electron chi connectivity index (χ3n) is 3.28. The van der Waals surface area contributed by atoms with Crippen molar-refractivity contribution < 1.29 is 5.21 Å². The number of hydrogen-bond donors (Lipinski definition) is 3. The number of nitrogens with zero attached hydrogens (tertiary/aromatic N) is 2. The van der Waals surface area contributed by atoms with Crippen LogP contribution in [0, 0.1) is 0 Å². The van der Waals surface area contributed by atoms with E-state index in [9.17, 15) is 4.79 Å². The van der Waals surface area contributed by atoms with Crippen molar-refractivity contribution >= 4 is 5.84 Å². The Bertz CT molecular complexity index is 693. The van der Waals surface area contributed by atoms with Gasteiger partial charge in [-0.05, 0) is 36.6 Å². The summed E-state index contributed by atoms with van der Waals surface area (Å²) in [6.07, 6.45) is 6.14. The maximum absolute atomic E-state index is 12.0. The lowest BCUT2D eigenvalue weighted by atomic mass is 9.99. The van der Waals surface area contributed by atoms with Crippen LogP contribution in [0.4, 0.5) is 0 Å². The maximum atomic E-state index is 12.0. The molecule has 0 bridgehead atoms. The average molecular weight is 286 g/mol. The van der Waals surface area contributed by atoms with Gasteiger partial charge in [0, 0.05) is 23.7 Å². The van der Waals surface area contributed by atoms with Crippen molar-refractivity contribution in [3.05, 3.63) is 52.2 Å². The van der Waals surface area contributed by atoms with Gasteiger partial charge in [0.05, 0.1) is 5.56 Å². The Balaban J connectivity index is 2.60. The Morgan fingerprint density at radius 3 is 2.76 bits per heavy atom.